The van der Waals surface area contributed by atoms with E-state index in [9.17, 15) is 4.57 Å². The fourth-order valence-electron chi connectivity index (χ4n) is 0.802. The summed E-state index contributed by atoms with van der Waals surface area (Å²) < 4.78 is 25.6. The molecule has 0 aromatic carbocycles. The molecule has 0 amide bonds. The maximum atomic E-state index is 11.7. The Bertz CT molecular complexity index is 183. The van der Waals surface area contributed by atoms with Crippen molar-refractivity contribution in [3.8, 4) is 0 Å². The molecule has 0 aromatic heterocycles. The van der Waals surface area contributed by atoms with Crippen molar-refractivity contribution < 1.29 is 18.3 Å². The van der Waals surface area contributed by atoms with Crippen LogP contribution in [-0.4, -0.2) is 31.8 Å². The van der Waals surface area contributed by atoms with Crippen molar-refractivity contribution in [1.29, 1.82) is 0 Å². The molecule has 0 bridgehead atoms. The number of methoxy groups -OCH3 is 1. The molecule has 4 nitrogen and oxygen atoms in total. The quantitative estimate of drug-likeness (QED) is 0.506. The molecule has 11 heavy (non-hydrogen) atoms. The monoisotopic (exact) mass is 198 g/mol. The van der Waals surface area contributed by atoms with Gasteiger partial charge in [-0.05, 0) is 0 Å². The molecule has 0 aliphatic carbocycles. The Morgan fingerprint density at radius 2 is 1.82 bits per heavy atom. The average Bonchev–Trinajstić information content (AvgIpc) is 2.83. The lowest BCUT2D eigenvalue weighted by molar-refractivity contribution is 0.132. The minimum absolute atomic E-state index is 0.669. The van der Waals surface area contributed by atoms with Gasteiger partial charge in [-0.3, -0.25) is 4.57 Å². The highest BCUT2D eigenvalue weighted by Gasteiger charge is 2.62. The van der Waals surface area contributed by atoms with Gasteiger partial charge in [-0.25, -0.2) is 0 Å². The highest BCUT2D eigenvalue weighted by molar-refractivity contribution is 8.14. The van der Waals surface area contributed by atoms with E-state index in [-0.39, 0.29) is 0 Å². The van der Waals surface area contributed by atoms with Crippen LogP contribution in [0.25, 0.3) is 0 Å². The Kier molecular flexibility index (Phi) is 2.67. The van der Waals surface area contributed by atoms with Gasteiger partial charge in [-0.1, -0.05) is 0 Å². The van der Waals surface area contributed by atoms with Crippen molar-refractivity contribution in [2.45, 2.75) is 4.67 Å². The Labute approximate surface area is 70.1 Å². The number of rotatable bonds is 4. The minimum atomic E-state index is -3.03. The fraction of sp³-hybridized carbons (Fsp3) is 1.00. The molecule has 1 fully saturated rings. The predicted octanol–water partition coefficient (Wildman–Crippen LogP) is 1.52. The van der Waals surface area contributed by atoms with E-state index in [1.165, 1.54) is 33.1 Å². The van der Waals surface area contributed by atoms with Crippen LogP contribution in [0.3, 0.4) is 0 Å². The van der Waals surface area contributed by atoms with Gasteiger partial charge in [-0.2, -0.15) is 0 Å². The zero-order valence-electron chi connectivity index (χ0n) is 6.70. The molecule has 0 aromatic rings. The predicted molar refractivity (Wildman–Crippen MR) is 43.8 cm³/mol. The van der Waals surface area contributed by atoms with Crippen molar-refractivity contribution in [3.63, 3.8) is 0 Å². The van der Waals surface area contributed by atoms with Gasteiger partial charge >= 0.3 is 7.60 Å². The lowest BCUT2D eigenvalue weighted by Gasteiger charge is -2.20. The first-order valence-electron chi connectivity index (χ1n) is 3.05. The number of hydrogen-bond donors (Lipinski definition) is 0. The molecule has 1 aliphatic rings. The Morgan fingerprint density at radius 3 is 1.91 bits per heavy atom. The van der Waals surface area contributed by atoms with Crippen molar-refractivity contribution in [1.82, 2.24) is 0 Å². The molecule has 1 aliphatic heterocycles. The second kappa shape index (κ2) is 3.07. The zero-order chi connectivity index (χ0) is 8.54. The van der Waals surface area contributed by atoms with Crippen molar-refractivity contribution in [2.75, 3.05) is 27.1 Å². The van der Waals surface area contributed by atoms with E-state index in [4.69, 9.17) is 13.8 Å². The summed E-state index contributed by atoms with van der Waals surface area (Å²) in [6, 6.07) is 0. The zero-order valence-corrected chi connectivity index (χ0v) is 8.41. The van der Waals surface area contributed by atoms with E-state index in [1.807, 2.05) is 0 Å². The molecule has 1 atom stereocenters. The Hall–Kier alpha value is 0.460. The first-order valence-corrected chi connectivity index (χ1v) is 5.57. The van der Waals surface area contributed by atoms with E-state index in [0.717, 1.165) is 0 Å². The molecule has 0 spiro atoms. The smallest absolute Gasteiger partial charge is 0.356 e. The molecule has 0 saturated carbocycles. The summed E-state index contributed by atoms with van der Waals surface area (Å²) in [7, 11) is 1.20. The largest absolute Gasteiger partial charge is 0.372 e. The molecule has 0 radical (unpaired) electrons. The van der Waals surface area contributed by atoms with Crippen LogP contribution < -0.4 is 0 Å². The van der Waals surface area contributed by atoms with E-state index < -0.39 is 12.3 Å². The summed E-state index contributed by atoms with van der Waals surface area (Å²) in [5.74, 6) is 0.669. The van der Waals surface area contributed by atoms with Crippen molar-refractivity contribution in [3.05, 3.63) is 0 Å². The number of hydrogen-bond acceptors (Lipinski definition) is 5. The van der Waals surface area contributed by atoms with Crippen LogP contribution in [-0.2, 0) is 18.3 Å². The van der Waals surface area contributed by atoms with Crippen LogP contribution in [0.2, 0.25) is 0 Å². The Morgan fingerprint density at radius 1 is 1.36 bits per heavy atom. The van der Waals surface area contributed by atoms with Gasteiger partial charge in [-0.15, -0.1) is 11.8 Å². The normalized spacial score (nSPS) is 30.5. The summed E-state index contributed by atoms with van der Waals surface area (Å²) in [6.45, 7) is 0. The second-order valence-corrected chi connectivity index (χ2v) is 6.06. The topological polar surface area (TPSA) is 44.8 Å². The molecular formula is C5H11O4PS. The van der Waals surface area contributed by atoms with E-state index in [1.54, 1.807) is 0 Å². The SMILES string of the molecule is COC1(P(=O)(OC)OC)CS1. The first kappa shape index (κ1) is 9.55. The van der Waals surface area contributed by atoms with E-state index in [2.05, 4.69) is 0 Å². The summed E-state index contributed by atoms with van der Waals surface area (Å²) in [5, 5.41) is 0. The second-order valence-electron chi connectivity index (χ2n) is 2.07. The summed E-state index contributed by atoms with van der Waals surface area (Å²) >= 11 is 1.44. The fourth-order valence-corrected chi connectivity index (χ4v) is 4.00. The molecule has 1 saturated heterocycles. The molecule has 0 N–H and O–H groups in total. The van der Waals surface area contributed by atoms with Crippen molar-refractivity contribution in [2.24, 2.45) is 0 Å². The third-order valence-corrected chi connectivity index (χ3v) is 5.98. The van der Waals surface area contributed by atoms with Gasteiger partial charge in [0.05, 0.1) is 0 Å². The van der Waals surface area contributed by atoms with Crippen LogP contribution in [0.15, 0.2) is 0 Å². The molecule has 6 heteroatoms. The highest BCUT2D eigenvalue weighted by Crippen LogP contribution is 2.73. The van der Waals surface area contributed by atoms with Gasteiger partial charge in [0, 0.05) is 27.1 Å². The molecule has 1 unspecified atom stereocenters. The summed E-state index contributed by atoms with van der Waals surface area (Å²) in [6.07, 6.45) is 0. The highest BCUT2D eigenvalue weighted by atomic mass is 32.2. The van der Waals surface area contributed by atoms with Crippen LogP contribution >= 0.6 is 19.4 Å². The summed E-state index contributed by atoms with van der Waals surface area (Å²) in [5.41, 5.74) is 0. The standard InChI is InChI=1S/C5H11O4PS/c1-7-5(4-11-5)10(6,8-2)9-3/h4H2,1-3H3. The van der Waals surface area contributed by atoms with E-state index >= 15 is 0 Å². The van der Waals surface area contributed by atoms with Gasteiger partial charge in [0.15, 0.2) is 0 Å². The van der Waals surface area contributed by atoms with Gasteiger partial charge in [0.1, 0.15) is 0 Å². The third kappa shape index (κ3) is 1.36. The molecule has 1 rings (SSSR count). The number of thioether (sulfide) groups is 1. The minimum Gasteiger partial charge on any atom is -0.356 e. The maximum Gasteiger partial charge on any atom is 0.372 e. The van der Waals surface area contributed by atoms with Crippen LogP contribution in [0.4, 0.5) is 0 Å². The maximum absolute atomic E-state index is 11.7. The van der Waals surface area contributed by atoms with Gasteiger partial charge in [0.25, 0.3) is 0 Å². The lowest BCUT2D eigenvalue weighted by Crippen LogP contribution is -2.14. The Balaban J connectivity index is 2.77. The van der Waals surface area contributed by atoms with Gasteiger partial charge in [0.2, 0.25) is 4.67 Å². The summed E-state index contributed by atoms with van der Waals surface area (Å²) in [4.78, 5) is 0. The third-order valence-electron chi connectivity index (χ3n) is 1.61. The van der Waals surface area contributed by atoms with Gasteiger partial charge < -0.3 is 13.8 Å². The molecule has 1 heterocycles. The van der Waals surface area contributed by atoms with Crippen LogP contribution in [0.1, 0.15) is 0 Å². The number of ether oxygens (including phenoxy) is 1. The first-order chi connectivity index (χ1) is 5.14. The average molecular weight is 198 g/mol. The van der Waals surface area contributed by atoms with Crippen LogP contribution in [0, 0.1) is 0 Å². The molecular weight excluding hydrogens is 187 g/mol. The van der Waals surface area contributed by atoms with E-state index in [0.29, 0.717) is 5.75 Å². The molecule has 66 valence electrons. The lowest BCUT2D eigenvalue weighted by atomic mass is 10.9. The van der Waals surface area contributed by atoms with Crippen LogP contribution in [0.5, 0.6) is 0 Å². The van der Waals surface area contributed by atoms with Crippen molar-refractivity contribution >= 4 is 19.4 Å².